The first-order chi connectivity index (χ1) is 11.2. The van der Waals surface area contributed by atoms with Crippen molar-refractivity contribution in [1.29, 1.82) is 0 Å². The molecule has 3 rings (SSSR count). The number of carbonyl (C=O) groups is 1. The Balaban J connectivity index is 1.66. The van der Waals surface area contributed by atoms with Crippen molar-refractivity contribution in [3.05, 3.63) is 47.8 Å². The molecule has 0 spiro atoms. The standard InChI is InChI=1S/C18H23FN2O2/c19-17-7-2-1-4-14(17)11-21(16-5-3-6-16)18(23)20-15-9-8-13(10-15)12-22/h1-2,4,7-9,13,15-16,22H,3,5-6,10-12H2,(H,20,23)/t13-,15+/m0/s1. The van der Waals surface area contributed by atoms with E-state index in [9.17, 15) is 14.3 Å². The van der Waals surface area contributed by atoms with E-state index >= 15 is 0 Å². The van der Waals surface area contributed by atoms with Gasteiger partial charge in [-0.2, -0.15) is 0 Å². The molecule has 124 valence electrons. The Kier molecular flexibility index (Phi) is 4.96. The summed E-state index contributed by atoms with van der Waals surface area (Å²) in [6.07, 6.45) is 7.65. The fourth-order valence-electron chi connectivity index (χ4n) is 3.13. The first-order valence-electron chi connectivity index (χ1n) is 8.27. The summed E-state index contributed by atoms with van der Waals surface area (Å²) in [7, 11) is 0. The number of hydrogen-bond donors (Lipinski definition) is 2. The second-order valence-corrected chi connectivity index (χ2v) is 6.42. The van der Waals surface area contributed by atoms with Crippen molar-refractivity contribution in [1.82, 2.24) is 10.2 Å². The zero-order chi connectivity index (χ0) is 16.2. The highest BCUT2D eigenvalue weighted by atomic mass is 19.1. The van der Waals surface area contributed by atoms with Crippen molar-refractivity contribution in [2.75, 3.05) is 6.61 Å². The molecule has 1 aromatic carbocycles. The minimum atomic E-state index is -0.272. The highest BCUT2D eigenvalue weighted by Gasteiger charge is 2.31. The molecule has 0 heterocycles. The van der Waals surface area contributed by atoms with E-state index in [0.29, 0.717) is 12.1 Å². The number of urea groups is 1. The average molecular weight is 318 g/mol. The van der Waals surface area contributed by atoms with Gasteiger partial charge in [0.05, 0.1) is 6.54 Å². The fraction of sp³-hybridized carbons (Fsp3) is 0.500. The third kappa shape index (κ3) is 3.72. The van der Waals surface area contributed by atoms with Crippen LogP contribution in [0.3, 0.4) is 0 Å². The number of nitrogens with zero attached hydrogens (tertiary/aromatic N) is 1. The van der Waals surface area contributed by atoms with Crippen molar-refractivity contribution in [3.8, 4) is 0 Å². The molecule has 2 N–H and O–H groups in total. The van der Waals surface area contributed by atoms with Crippen LogP contribution in [-0.2, 0) is 6.54 Å². The molecule has 1 saturated carbocycles. The van der Waals surface area contributed by atoms with Gasteiger partial charge in [-0.05, 0) is 31.7 Å². The molecule has 2 amide bonds. The van der Waals surface area contributed by atoms with Gasteiger partial charge in [-0.3, -0.25) is 0 Å². The van der Waals surface area contributed by atoms with Gasteiger partial charge in [-0.15, -0.1) is 0 Å². The van der Waals surface area contributed by atoms with Gasteiger partial charge in [0.25, 0.3) is 0 Å². The molecule has 2 aliphatic rings. The number of hydrogen-bond acceptors (Lipinski definition) is 2. The Morgan fingerprint density at radius 2 is 2.09 bits per heavy atom. The average Bonchev–Trinajstić information content (AvgIpc) is 2.94. The highest BCUT2D eigenvalue weighted by Crippen LogP contribution is 2.27. The Labute approximate surface area is 136 Å². The zero-order valence-electron chi connectivity index (χ0n) is 13.1. The summed E-state index contributed by atoms with van der Waals surface area (Å²) in [5.41, 5.74) is 0.546. The SMILES string of the molecule is O=C(N[C@@H]1C=C[C@H](CO)C1)N(Cc1ccccc1F)C1CCC1. The molecule has 5 heteroatoms. The summed E-state index contributed by atoms with van der Waals surface area (Å²) < 4.78 is 13.9. The third-order valence-electron chi connectivity index (χ3n) is 4.79. The quantitative estimate of drug-likeness (QED) is 0.820. The van der Waals surface area contributed by atoms with E-state index < -0.39 is 0 Å². The van der Waals surface area contributed by atoms with Gasteiger partial charge in [-0.1, -0.05) is 30.4 Å². The van der Waals surface area contributed by atoms with Crippen molar-refractivity contribution >= 4 is 6.03 Å². The Hall–Kier alpha value is -1.88. The van der Waals surface area contributed by atoms with Crippen molar-refractivity contribution in [3.63, 3.8) is 0 Å². The predicted molar refractivity (Wildman–Crippen MR) is 86.2 cm³/mol. The molecular weight excluding hydrogens is 295 g/mol. The molecule has 2 atom stereocenters. The number of amides is 2. The van der Waals surface area contributed by atoms with E-state index in [1.54, 1.807) is 23.1 Å². The number of aliphatic hydroxyl groups is 1. The zero-order valence-corrected chi connectivity index (χ0v) is 13.1. The van der Waals surface area contributed by atoms with E-state index in [2.05, 4.69) is 5.32 Å². The highest BCUT2D eigenvalue weighted by molar-refractivity contribution is 5.75. The Morgan fingerprint density at radius 1 is 1.30 bits per heavy atom. The molecular formula is C18H23FN2O2. The van der Waals surface area contributed by atoms with Crippen molar-refractivity contribution in [2.24, 2.45) is 5.92 Å². The summed E-state index contributed by atoms with van der Waals surface area (Å²) in [6, 6.07) is 6.59. The lowest BCUT2D eigenvalue weighted by Crippen LogP contribution is -2.50. The number of benzene rings is 1. The smallest absolute Gasteiger partial charge is 0.318 e. The van der Waals surface area contributed by atoms with Crippen molar-refractivity contribution in [2.45, 2.75) is 44.3 Å². The Bertz CT molecular complexity index is 586. The van der Waals surface area contributed by atoms with Gasteiger partial charge < -0.3 is 15.3 Å². The van der Waals surface area contributed by atoms with E-state index in [1.807, 2.05) is 12.2 Å². The summed E-state index contributed by atoms with van der Waals surface area (Å²) in [6.45, 7) is 0.396. The lowest BCUT2D eigenvalue weighted by molar-refractivity contribution is 0.130. The first-order valence-corrected chi connectivity index (χ1v) is 8.27. The van der Waals surface area contributed by atoms with Crippen LogP contribution in [-0.4, -0.2) is 34.7 Å². The van der Waals surface area contributed by atoms with Gasteiger partial charge in [-0.25, -0.2) is 9.18 Å². The van der Waals surface area contributed by atoms with Crippen LogP contribution < -0.4 is 5.32 Å². The molecule has 0 aromatic heterocycles. The minimum Gasteiger partial charge on any atom is -0.396 e. The lowest BCUT2D eigenvalue weighted by Gasteiger charge is -2.38. The fourth-order valence-corrected chi connectivity index (χ4v) is 3.13. The second kappa shape index (κ2) is 7.13. The molecule has 2 aliphatic carbocycles. The van der Waals surface area contributed by atoms with E-state index in [0.717, 1.165) is 25.7 Å². The summed E-state index contributed by atoms with van der Waals surface area (Å²) in [5.74, 6) is -0.158. The van der Waals surface area contributed by atoms with Crippen molar-refractivity contribution < 1.29 is 14.3 Å². The molecule has 0 saturated heterocycles. The van der Waals surface area contributed by atoms with Gasteiger partial charge in [0, 0.05) is 30.2 Å². The van der Waals surface area contributed by atoms with Gasteiger partial charge in [0.15, 0.2) is 0 Å². The van der Waals surface area contributed by atoms with Crippen LogP contribution in [0.15, 0.2) is 36.4 Å². The number of rotatable bonds is 5. The van der Waals surface area contributed by atoms with E-state index in [4.69, 9.17) is 0 Å². The summed E-state index contributed by atoms with van der Waals surface area (Å²) in [5, 5.41) is 12.2. The molecule has 1 aromatic rings. The van der Waals surface area contributed by atoms with E-state index in [-0.39, 0.29) is 36.5 Å². The number of nitrogens with one attached hydrogen (secondary N) is 1. The van der Waals surface area contributed by atoms with Crippen LogP contribution in [0.5, 0.6) is 0 Å². The van der Waals surface area contributed by atoms with Crippen LogP contribution in [0.25, 0.3) is 0 Å². The third-order valence-corrected chi connectivity index (χ3v) is 4.79. The molecule has 0 radical (unpaired) electrons. The van der Waals surface area contributed by atoms with Crippen LogP contribution in [0.4, 0.5) is 9.18 Å². The Morgan fingerprint density at radius 3 is 2.70 bits per heavy atom. The maximum atomic E-state index is 13.9. The van der Waals surface area contributed by atoms with Crippen LogP contribution in [0.1, 0.15) is 31.2 Å². The van der Waals surface area contributed by atoms with Gasteiger partial charge in [0.1, 0.15) is 5.82 Å². The molecule has 0 aliphatic heterocycles. The second-order valence-electron chi connectivity index (χ2n) is 6.42. The molecule has 23 heavy (non-hydrogen) atoms. The van der Waals surface area contributed by atoms with Gasteiger partial charge in [0.2, 0.25) is 0 Å². The first kappa shape index (κ1) is 16.0. The monoisotopic (exact) mass is 318 g/mol. The number of aliphatic hydroxyl groups excluding tert-OH is 1. The normalized spacial score (nSPS) is 23.6. The summed E-state index contributed by atoms with van der Waals surface area (Å²) >= 11 is 0. The van der Waals surface area contributed by atoms with Crippen LogP contribution in [0.2, 0.25) is 0 Å². The van der Waals surface area contributed by atoms with E-state index in [1.165, 1.54) is 6.07 Å². The maximum absolute atomic E-state index is 13.9. The lowest BCUT2D eigenvalue weighted by atomic mass is 9.91. The topological polar surface area (TPSA) is 52.6 Å². The maximum Gasteiger partial charge on any atom is 0.318 e. The van der Waals surface area contributed by atoms with Crippen LogP contribution >= 0.6 is 0 Å². The number of carbonyl (C=O) groups excluding carboxylic acids is 1. The molecule has 1 fully saturated rings. The number of halogens is 1. The van der Waals surface area contributed by atoms with Gasteiger partial charge >= 0.3 is 6.03 Å². The summed E-state index contributed by atoms with van der Waals surface area (Å²) in [4.78, 5) is 14.4. The minimum absolute atomic E-state index is 0.0529. The largest absolute Gasteiger partial charge is 0.396 e. The molecule has 4 nitrogen and oxygen atoms in total. The predicted octanol–water partition coefficient (Wildman–Crippen LogP) is 2.83. The van der Waals surface area contributed by atoms with Crippen LogP contribution in [0, 0.1) is 11.7 Å². The molecule has 0 bridgehead atoms. The molecule has 0 unspecified atom stereocenters.